The molecule has 180 valence electrons. The number of anilines is 1. The van der Waals surface area contributed by atoms with Gasteiger partial charge in [-0.25, -0.2) is 0 Å². The van der Waals surface area contributed by atoms with Crippen LogP contribution in [-0.4, -0.2) is 34.5 Å². The molecule has 0 unspecified atom stereocenters. The Morgan fingerprint density at radius 2 is 1.94 bits per heavy atom. The lowest BCUT2D eigenvalue weighted by atomic mass is 10.0. The Morgan fingerprint density at radius 1 is 1.06 bits per heavy atom. The van der Waals surface area contributed by atoms with Crippen molar-refractivity contribution in [3.63, 3.8) is 0 Å². The molecule has 4 aromatic rings. The highest BCUT2D eigenvalue weighted by Crippen LogP contribution is 2.37. The van der Waals surface area contributed by atoms with E-state index in [0.717, 1.165) is 59.7 Å². The third-order valence-corrected chi connectivity index (χ3v) is 8.72. The van der Waals surface area contributed by atoms with Gasteiger partial charge in [0.1, 0.15) is 11.7 Å². The SMILES string of the molecule is O=c1cc(NC2CCN(Cc3ccc4c(c3)SCO4)CC2)c2cc(Cl)ccc2n1Cc1cccs1. The summed E-state index contributed by atoms with van der Waals surface area (Å²) in [5, 5.41) is 7.39. The van der Waals surface area contributed by atoms with Crippen LogP contribution in [0.3, 0.4) is 0 Å². The number of piperidine rings is 1. The van der Waals surface area contributed by atoms with Gasteiger partial charge in [-0.2, -0.15) is 0 Å². The maximum absolute atomic E-state index is 13.1. The highest BCUT2D eigenvalue weighted by molar-refractivity contribution is 7.99. The maximum Gasteiger partial charge on any atom is 0.253 e. The molecule has 1 saturated heterocycles. The molecule has 0 bridgehead atoms. The van der Waals surface area contributed by atoms with Gasteiger partial charge in [-0.3, -0.25) is 9.69 Å². The topological polar surface area (TPSA) is 46.5 Å². The van der Waals surface area contributed by atoms with E-state index in [-0.39, 0.29) is 5.56 Å². The molecule has 0 atom stereocenters. The molecule has 6 rings (SSSR count). The molecule has 2 aliphatic heterocycles. The second-order valence-corrected chi connectivity index (χ2v) is 11.5. The summed E-state index contributed by atoms with van der Waals surface area (Å²) in [7, 11) is 0. The quantitative estimate of drug-likeness (QED) is 0.322. The summed E-state index contributed by atoms with van der Waals surface area (Å²) in [4.78, 5) is 18.0. The van der Waals surface area contributed by atoms with Gasteiger partial charge in [-0.05, 0) is 60.2 Å². The molecular formula is C27H26ClN3O2S2. The molecule has 0 radical (unpaired) electrons. The summed E-state index contributed by atoms with van der Waals surface area (Å²) in [6.07, 6.45) is 2.06. The Bertz CT molecular complexity index is 1410. The van der Waals surface area contributed by atoms with Crippen LogP contribution in [0.5, 0.6) is 5.75 Å². The van der Waals surface area contributed by atoms with Crippen LogP contribution in [0.25, 0.3) is 10.9 Å². The van der Waals surface area contributed by atoms with E-state index in [1.54, 1.807) is 29.2 Å². The maximum atomic E-state index is 13.1. The van der Waals surface area contributed by atoms with Gasteiger partial charge in [-0.1, -0.05) is 35.5 Å². The molecule has 0 aliphatic carbocycles. The predicted octanol–water partition coefficient (Wildman–Crippen LogP) is 6.28. The fourth-order valence-corrected chi connectivity index (χ4v) is 6.63. The minimum absolute atomic E-state index is 0.00613. The van der Waals surface area contributed by atoms with Crippen molar-refractivity contribution in [3.05, 3.63) is 85.8 Å². The summed E-state index contributed by atoms with van der Waals surface area (Å²) < 4.78 is 7.44. The van der Waals surface area contributed by atoms with Gasteiger partial charge in [0.2, 0.25) is 0 Å². The minimum Gasteiger partial charge on any atom is -0.481 e. The molecule has 2 aliphatic rings. The number of nitrogens with zero attached hydrogens (tertiary/aromatic N) is 2. The number of benzene rings is 2. The van der Waals surface area contributed by atoms with Crippen molar-refractivity contribution in [3.8, 4) is 5.75 Å². The van der Waals surface area contributed by atoms with Crippen molar-refractivity contribution < 1.29 is 4.74 Å². The van der Waals surface area contributed by atoms with Crippen molar-refractivity contribution in [1.29, 1.82) is 0 Å². The molecule has 8 heteroatoms. The molecule has 5 nitrogen and oxygen atoms in total. The first-order valence-corrected chi connectivity index (χ1v) is 14.1. The van der Waals surface area contributed by atoms with Crippen LogP contribution in [0.15, 0.2) is 69.7 Å². The number of hydrogen-bond acceptors (Lipinski definition) is 6. The second kappa shape index (κ2) is 9.90. The molecule has 1 fully saturated rings. The molecule has 35 heavy (non-hydrogen) atoms. The van der Waals surface area contributed by atoms with Crippen molar-refractivity contribution in [2.75, 3.05) is 24.3 Å². The lowest BCUT2D eigenvalue weighted by Gasteiger charge is -2.33. The van der Waals surface area contributed by atoms with Gasteiger partial charge >= 0.3 is 0 Å². The van der Waals surface area contributed by atoms with Crippen LogP contribution < -0.4 is 15.6 Å². The summed E-state index contributed by atoms with van der Waals surface area (Å²) >= 11 is 9.80. The largest absolute Gasteiger partial charge is 0.481 e. The highest BCUT2D eigenvalue weighted by atomic mass is 35.5. The standard InChI is InChI=1S/C27H26ClN3O2S2/c28-19-4-5-24-22(13-19)23(14-27(32)31(24)16-21-2-1-11-34-21)29-20-7-9-30(10-8-20)15-18-3-6-25-26(12-18)35-17-33-25/h1-6,11-14,20,29H,7-10,15-17H2. The normalized spacial score (nSPS) is 16.4. The lowest BCUT2D eigenvalue weighted by Crippen LogP contribution is -2.39. The average molecular weight is 524 g/mol. The second-order valence-electron chi connectivity index (χ2n) is 9.11. The van der Waals surface area contributed by atoms with Crippen molar-refractivity contribution in [1.82, 2.24) is 9.47 Å². The van der Waals surface area contributed by atoms with Crippen molar-refractivity contribution in [2.24, 2.45) is 0 Å². The average Bonchev–Trinajstić information content (AvgIpc) is 3.54. The van der Waals surface area contributed by atoms with Gasteiger partial charge in [0.25, 0.3) is 5.56 Å². The third kappa shape index (κ3) is 4.96. The van der Waals surface area contributed by atoms with Crippen LogP contribution in [-0.2, 0) is 13.1 Å². The molecule has 0 saturated carbocycles. The van der Waals surface area contributed by atoms with Gasteiger partial charge in [0.05, 0.1) is 17.0 Å². The number of fused-ring (bicyclic) bond motifs is 2. The molecule has 2 aromatic heterocycles. The number of pyridine rings is 1. The summed E-state index contributed by atoms with van der Waals surface area (Å²) in [6, 6.07) is 18.5. The monoisotopic (exact) mass is 523 g/mol. The van der Waals surface area contributed by atoms with E-state index >= 15 is 0 Å². The van der Waals surface area contributed by atoms with Gasteiger partial charge in [0, 0.05) is 52.7 Å². The van der Waals surface area contributed by atoms with E-state index in [1.807, 2.05) is 34.2 Å². The van der Waals surface area contributed by atoms with Crippen molar-refractivity contribution in [2.45, 2.75) is 36.9 Å². The third-order valence-electron chi connectivity index (χ3n) is 6.76. The number of halogens is 1. The fraction of sp³-hybridized carbons (Fsp3) is 0.296. The summed E-state index contributed by atoms with van der Waals surface area (Å²) in [6.45, 7) is 3.57. The zero-order valence-electron chi connectivity index (χ0n) is 19.2. The van der Waals surface area contributed by atoms with Crippen LogP contribution >= 0.6 is 34.7 Å². The number of hydrogen-bond donors (Lipinski definition) is 1. The first-order valence-electron chi connectivity index (χ1n) is 11.9. The first-order chi connectivity index (χ1) is 17.1. The van der Waals surface area contributed by atoms with E-state index in [9.17, 15) is 4.79 Å². The smallest absolute Gasteiger partial charge is 0.253 e. The van der Waals surface area contributed by atoms with Gasteiger partial charge < -0.3 is 14.6 Å². The zero-order chi connectivity index (χ0) is 23.8. The lowest BCUT2D eigenvalue weighted by molar-refractivity contribution is 0.211. The van der Waals surface area contributed by atoms with Gasteiger partial charge in [-0.15, -0.1) is 11.3 Å². The Hall–Kier alpha value is -2.45. The molecule has 0 amide bonds. The minimum atomic E-state index is 0.00613. The highest BCUT2D eigenvalue weighted by Gasteiger charge is 2.22. The number of thiophene rings is 1. The fourth-order valence-electron chi connectivity index (χ4n) is 4.95. The number of ether oxygens (including phenoxy) is 1. The summed E-state index contributed by atoms with van der Waals surface area (Å²) in [5.74, 6) is 1.72. The Balaban J connectivity index is 1.17. The van der Waals surface area contributed by atoms with Crippen molar-refractivity contribution >= 4 is 51.3 Å². The molecule has 0 spiro atoms. The van der Waals surface area contributed by atoms with Crippen LogP contribution in [0.1, 0.15) is 23.3 Å². The molecule has 1 N–H and O–H groups in total. The molecular weight excluding hydrogens is 498 g/mol. The van der Waals surface area contributed by atoms with Crippen LogP contribution in [0.2, 0.25) is 5.02 Å². The van der Waals surface area contributed by atoms with E-state index < -0.39 is 0 Å². The number of likely N-dealkylation sites (tertiary alicyclic amines) is 1. The molecule has 4 heterocycles. The van der Waals surface area contributed by atoms with Crippen LogP contribution in [0.4, 0.5) is 5.69 Å². The number of rotatable bonds is 6. The Morgan fingerprint density at radius 3 is 2.77 bits per heavy atom. The van der Waals surface area contributed by atoms with E-state index in [2.05, 4.69) is 34.5 Å². The number of thioether (sulfide) groups is 1. The first kappa shape index (κ1) is 23.0. The van der Waals surface area contributed by atoms with E-state index in [4.69, 9.17) is 16.3 Å². The summed E-state index contributed by atoms with van der Waals surface area (Å²) in [5.41, 5.74) is 3.13. The van der Waals surface area contributed by atoms with Gasteiger partial charge in [0.15, 0.2) is 0 Å². The Kier molecular flexibility index (Phi) is 6.50. The Labute approximate surface area is 217 Å². The molecule has 2 aromatic carbocycles. The number of aromatic nitrogens is 1. The number of nitrogens with one attached hydrogen (secondary N) is 1. The van der Waals surface area contributed by atoms with E-state index in [0.29, 0.717) is 23.5 Å². The van der Waals surface area contributed by atoms with E-state index in [1.165, 1.54) is 10.5 Å². The van der Waals surface area contributed by atoms with Crippen LogP contribution in [0, 0.1) is 0 Å². The predicted molar refractivity (Wildman–Crippen MR) is 146 cm³/mol. The zero-order valence-corrected chi connectivity index (χ0v) is 21.6.